The summed E-state index contributed by atoms with van der Waals surface area (Å²) in [7, 11) is 0. The van der Waals surface area contributed by atoms with Gasteiger partial charge in [0.1, 0.15) is 11.5 Å². The molecule has 0 atom stereocenters. The zero-order valence-electron chi connectivity index (χ0n) is 18.3. The van der Waals surface area contributed by atoms with Crippen LogP contribution in [-0.2, 0) is 14.4 Å². The van der Waals surface area contributed by atoms with Crippen LogP contribution in [0.4, 0.5) is 5.69 Å². The first-order valence-electron chi connectivity index (χ1n) is 10.5. The molecule has 0 bridgehead atoms. The number of rotatable bonds is 7. The smallest absolute Gasteiger partial charge is 0.343 e. The van der Waals surface area contributed by atoms with Gasteiger partial charge in [-0.1, -0.05) is 30.8 Å². The predicted octanol–water partition coefficient (Wildman–Crippen LogP) is 3.46. The molecule has 1 N–H and O–H groups in total. The molecule has 0 spiro atoms. The molecule has 1 aliphatic heterocycles. The van der Waals surface area contributed by atoms with E-state index in [0.717, 1.165) is 16.0 Å². The average molecular weight is 469 g/mol. The molecule has 8 heteroatoms. The molecule has 3 aromatic rings. The van der Waals surface area contributed by atoms with Crippen molar-refractivity contribution in [3.63, 3.8) is 0 Å². The Hall–Kier alpha value is -4.82. The van der Waals surface area contributed by atoms with E-state index in [9.17, 15) is 19.2 Å². The molecule has 1 heterocycles. The Bertz CT molecular complexity index is 1320. The Kier molecular flexibility index (Phi) is 6.66. The van der Waals surface area contributed by atoms with Gasteiger partial charge in [0.05, 0.1) is 23.4 Å². The number of imide groups is 1. The van der Waals surface area contributed by atoms with Crippen molar-refractivity contribution in [2.24, 2.45) is 0 Å². The molecule has 1 aliphatic rings. The van der Waals surface area contributed by atoms with Crippen molar-refractivity contribution < 1.29 is 33.8 Å². The number of nitrogens with zero attached hydrogens (tertiary/aromatic N) is 1. The van der Waals surface area contributed by atoms with Crippen LogP contribution in [0.15, 0.2) is 97.1 Å². The number of aliphatic hydroxyl groups excluding tert-OH is 1. The molecule has 0 aliphatic carbocycles. The van der Waals surface area contributed by atoms with Gasteiger partial charge in [-0.25, -0.2) is 14.5 Å². The van der Waals surface area contributed by atoms with E-state index in [1.807, 2.05) is 0 Å². The predicted molar refractivity (Wildman–Crippen MR) is 127 cm³/mol. The molecule has 0 saturated heterocycles. The van der Waals surface area contributed by atoms with E-state index in [4.69, 9.17) is 14.6 Å². The monoisotopic (exact) mass is 469 g/mol. The fourth-order valence-corrected chi connectivity index (χ4v) is 3.24. The van der Waals surface area contributed by atoms with Gasteiger partial charge in [0.15, 0.2) is 0 Å². The van der Waals surface area contributed by atoms with Crippen molar-refractivity contribution >= 4 is 29.4 Å². The van der Waals surface area contributed by atoms with E-state index in [0.29, 0.717) is 17.2 Å². The molecule has 0 saturated carbocycles. The highest BCUT2D eigenvalue weighted by atomic mass is 16.5. The minimum Gasteiger partial charge on any atom is -0.423 e. The molecule has 0 fully saturated rings. The summed E-state index contributed by atoms with van der Waals surface area (Å²) in [4.78, 5) is 48.7. The van der Waals surface area contributed by atoms with Gasteiger partial charge in [-0.2, -0.15) is 0 Å². The van der Waals surface area contributed by atoms with Gasteiger partial charge < -0.3 is 14.6 Å². The van der Waals surface area contributed by atoms with E-state index in [-0.39, 0.29) is 11.1 Å². The Balaban J connectivity index is 1.38. The van der Waals surface area contributed by atoms with Crippen LogP contribution >= 0.6 is 0 Å². The van der Waals surface area contributed by atoms with Crippen molar-refractivity contribution in [3.8, 4) is 22.6 Å². The molecule has 0 radical (unpaired) electrons. The summed E-state index contributed by atoms with van der Waals surface area (Å²) in [5, 5.41) is 8.93. The molecule has 2 amide bonds. The van der Waals surface area contributed by atoms with Gasteiger partial charge >= 0.3 is 11.9 Å². The zero-order valence-corrected chi connectivity index (χ0v) is 18.3. The molecule has 4 rings (SSSR count). The van der Waals surface area contributed by atoms with E-state index in [1.165, 1.54) is 36.4 Å². The zero-order chi connectivity index (χ0) is 24.9. The number of carbonyl (C=O) groups is 4. The van der Waals surface area contributed by atoms with Crippen LogP contribution in [0.3, 0.4) is 0 Å². The van der Waals surface area contributed by atoms with Crippen LogP contribution in [0.1, 0.15) is 10.4 Å². The Morgan fingerprint density at radius 2 is 1.23 bits per heavy atom. The van der Waals surface area contributed by atoms with Crippen LogP contribution in [-0.4, -0.2) is 35.5 Å². The lowest BCUT2D eigenvalue weighted by Gasteiger charge is -2.14. The van der Waals surface area contributed by atoms with Gasteiger partial charge in [0.25, 0.3) is 11.8 Å². The highest BCUT2D eigenvalue weighted by Gasteiger charge is 2.25. The highest BCUT2D eigenvalue weighted by Crippen LogP contribution is 2.26. The normalized spacial score (nSPS) is 12.5. The van der Waals surface area contributed by atoms with Gasteiger partial charge in [0.2, 0.25) is 0 Å². The number of esters is 2. The second-order valence-electron chi connectivity index (χ2n) is 7.48. The number of carbonyl (C=O) groups excluding carboxylic acids is 4. The van der Waals surface area contributed by atoms with Gasteiger partial charge in [0, 0.05) is 12.2 Å². The summed E-state index contributed by atoms with van der Waals surface area (Å²) in [6, 6.07) is 19.6. The second-order valence-corrected chi connectivity index (χ2v) is 7.48. The molecule has 174 valence electrons. The minimum atomic E-state index is -0.698. The fraction of sp³-hybridized carbons (Fsp3) is 0.0370. The number of anilines is 1. The van der Waals surface area contributed by atoms with Crippen molar-refractivity contribution in [1.82, 2.24) is 0 Å². The molecule has 3 aromatic carbocycles. The summed E-state index contributed by atoms with van der Waals surface area (Å²) < 4.78 is 10.5. The number of aliphatic hydroxyl groups is 1. The second kappa shape index (κ2) is 9.98. The first-order valence-corrected chi connectivity index (χ1v) is 10.5. The maximum Gasteiger partial charge on any atom is 0.343 e. The molecule has 35 heavy (non-hydrogen) atoms. The van der Waals surface area contributed by atoms with Gasteiger partial charge in [-0.05, 0) is 59.7 Å². The van der Waals surface area contributed by atoms with Crippen LogP contribution < -0.4 is 14.4 Å². The summed E-state index contributed by atoms with van der Waals surface area (Å²) in [5.74, 6) is -1.50. The standard InChI is InChI=1S/C27H19NO7/c1-17(16-29)26(32)34-22-10-4-18(5-11-22)19-6-12-23(13-7-19)35-27(33)20-2-8-21(9-3-20)28-24(30)14-15-25(28)31/h2-15,29H,1,16H2. The quantitative estimate of drug-likeness (QED) is 0.244. The Morgan fingerprint density at radius 1 is 0.743 bits per heavy atom. The van der Waals surface area contributed by atoms with Crippen LogP contribution in [0.25, 0.3) is 11.1 Å². The lowest BCUT2D eigenvalue weighted by Crippen LogP contribution is -2.29. The number of amides is 2. The summed E-state index contributed by atoms with van der Waals surface area (Å²) >= 11 is 0. The number of hydrogen-bond acceptors (Lipinski definition) is 7. The maximum absolute atomic E-state index is 12.5. The number of benzene rings is 3. The first-order chi connectivity index (χ1) is 16.9. The van der Waals surface area contributed by atoms with Gasteiger partial charge in [-0.3, -0.25) is 9.59 Å². The third-order valence-electron chi connectivity index (χ3n) is 5.11. The number of ether oxygens (including phenoxy) is 2. The van der Waals surface area contributed by atoms with Crippen molar-refractivity contribution in [3.05, 3.63) is 103 Å². The van der Waals surface area contributed by atoms with E-state index >= 15 is 0 Å². The number of hydrogen-bond donors (Lipinski definition) is 1. The lowest BCUT2D eigenvalue weighted by molar-refractivity contribution is -0.130. The van der Waals surface area contributed by atoms with Crippen molar-refractivity contribution in [2.75, 3.05) is 11.5 Å². The largest absolute Gasteiger partial charge is 0.423 e. The van der Waals surface area contributed by atoms with Crippen molar-refractivity contribution in [2.45, 2.75) is 0 Å². The van der Waals surface area contributed by atoms with Crippen LogP contribution in [0.5, 0.6) is 11.5 Å². The van der Waals surface area contributed by atoms with E-state index < -0.39 is 30.4 Å². The molecule has 0 aromatic heterocycles. The third kappa shape index (κ3) is 5.23. The molecular weight excluding hydrogens is 450 g/mol. The Morgan fingerprint density at radius 3 is 1.71 bits per heavy atom. The molecule has 0 unspecified atom stereocenters. The van der Waals surface area contributed by atoms with Crippen LogP contribution in [0.2, 0.25) is 0 Å². The summed E-state index contributed by atoms with van der Waals surface area (Å²) in [6.07, 6.45) is 2.38. The third-order valence-corrected chi connectivity index (χ3v) is 5.11. The lowest BCUT2D eigenvalue weighted by atomic mass is 10.1. The highest BCUT2D eigenvalue weighted by molar-refractivity contribution is 6.28. The average Bonchev–Trinajstić information content (AvgIpc) is 3.22. The summed E-state index contributed by atoms with van der Waals surface area (Å²) in [5.41, 5.74) is 2.29. The first kappa shape index (κ1) is 23.3. The van der Waals surface area contributed by atoms with E-state index in [2.05, 4.69) is 6.58 Å². The van der Waals surface area contributed by atoms with Crippen LogP contribution in [0, 0.1) is 0 Å². The molecular formula is C27H19NO7. The van der Waals surface area contributed by atoms with E-state index in [1.54, 1.807) is 48.5 Å². The fourth-order valence-electron chi connectivity index (χ4n) is 3.24. The Labute approximate surface area is 200 Å². The minimum absolute atomic E-state index is 0.0377. The van der Waals surface area contributed by atoms with Gasteiger partial charge in [-0.15, -0.1) is 0 Å². The topological polar surface area (TPSA) is 110 Å². The summed E-state index contributed by atoms with van der Waals surface area (Å²) in [6.45, 7) is 2.94. The SMILES string of the molecule is C=C(CO)C(=O)Oc1ccc(-c2ccc(OC(=O)c3ccc(N4C(=O)C=CC4=O)cc3)cc2)cc1. The maximum atomic E-state index is 12.5. The molecule has 8 nitrogen and oxygen atoms in total. The van der Waals surface area contributed by atoms with Crippen molar-refractivity contribution in [1.29, 1.82) is 0 Å².